The number of methoxy groups -OCH3 is 1. The number of anilines is 1. The van der Waals surface area contributed by atoms with Gasteiger partial charge in [-0.05, 0) is 42.9 Å². The largest absolute Gasteiger partial charge is 0.469 e. The number of aryl methyl sites for hydroxylation is 1. The normalized spacial score (nSPS) is 10.3. The van der Waals surface area contributed by atoms with Crippen LogP contribution in [0.2, 0.25) is 5.02 Å². The molecule has 5 nitrogen and oxygen atoms in total. The molecule has 1 rings (SSSR count). The highest BCUT2D eigenvalue weighted by Gasteiger charge is 2.12. The van der Waals surface area contributed by atoms with Gasteiger partial charge in [-0.25, -0.2) is 4.79 Å². The van der Waals surface area contributed by atoms with E-state index in [4.69, 9.17) is 11.6 Å². The molecule has 2 N–H and O–H groups in total. The molecule has 0 bridgehead atoms. The van der Waals surface area contributed by atoms with Gasteiger partial charge in [0.1, 0.15) is 0 Å². The summed E-state index contributed by atoms with van der Waals surface area (Å²) in [7, 11) is 1.39. The van der Waals surface area contributed by atoms with Crippen molar-refractivity contribution in [3.8, 4) is 0 Å². The molecule has 0 saturated carbocycles. The summed E-state index contributed by atoms with van der Waals surface area (Å²) in [6.45, 7) is 4.63. The van der Waals surface area contributed by atoms with Crippen molar-refractivity contribution in [1.29, 1.82) is 0 Å². The van der Waals surface area contributed by atoms with E-state index in [1.165, 1.54) is 7.11 Å². The molecule has 2 amide bonds. The fraction of sp³-hybridized carbons (Fsp3) is 0.556. The van der Waals surface area contributed by atoms with Crippen LogP contribution in [0.15, 0.2) is 12.1 Å². The first-order valence-electron chi connectivity index (χ1n) is 8.45. The number of unbranched alkanes of at least 4 members (excludes halogenated alkanes) is 2. The Hall–Kier alpha value is -1.75. The van der Waals surface area contributed by atoms with Crippen LogP contribution >= 0.6 is 11.6 Å². The number of nitrogens with one attached hydrogen (secondary N) is 2. The predicted octanol–water partition coefficient (Wildman–Crippen LogP) is 4.32. The van der Waals surface area contributed by atoms with Crippen molar-refractivity contribution >= 4 is 29.3 Å². The number of ether oxygens (including phenoxy) is 1. The Morgan fingerprint density at radius 1 is 1.12 bits per heavy atom. The molecule has 0 heterocycles. The van der Waals surface area contributed by atoms with E-state index in [2.05, 4.69) is 15.4 Å². The number of amides is 2. The first kappa shape index (κ1) is 20.3. The van der Waals surface area contributed by atoms with Gasteiger partial charge in [0, 0.05) is 18.0 Å². The van der Waals surface area contributed by atoms with E-state index in [0.29, 0.717) is 18.0 Å². The Bertz CT molecular complexity index is 561. The third-order valence-corrected chi connectivity index (χ3v) is 4.24. The van der Waals surface area contributed by atoms with E-state index in [9.17, 15) is 9.59 Å². The Labute approximate surface area is 149 Å². The molecule has 1 aromatic rings. The number of carbonyl (C=O) groups excluding carboxylic acids is 2. The van der Waals surface area contributed by atoms with E-state index in [1.54, 1.807) is 0 Å². The number of hydrogen-bond acceptors (Lipinski definition) is 3. The monoisotopic (exact) mass is 354 g/mol. The van der Waals surface area contributed by atoms with Crippen molar-refractivity contribution in [2.75, 3.05) is 19.0 Å². The predicted molar refractivity (Wildman–Crippen MR) is 97.7 cm³/mol. The van der Waals surface area contributed by atoms with E-state index >= 15 is 0 Å². The molecular weight excluding hydrogens is 328 g/mol. The minimum atomic E-state index is -0.227. The molecule has 0 aliphatic carbocycles. The van der Waals surface area contributed by atoms with Crippen LogP contribution in [-0.2, 0) is 22.4 Å². The van der Waals surface area contributed by atoms with Crippen molar-refractivity contribution < 1.29 is 14.3 Å². The quantitative estimate of drug-likeness (QED) is 0.512. The Balaban J connectivity index is 2.45. The Kier molecular flexibility index (Phi) is 9.23. The summed E-state index contributed by atoms with van der Waals surface area (Å²) in [6, 6.07) is 3.60. The highest BCUT2D eigenvalue weighted by Crippen LogP contribution is 2.29. The first-order chi connectivity index (χ1) is 11.5. The topological polar surface area (TPSA) is 67.4 Å². The molecule has 0 saturated heterocycles. The number of carbonyl (C=O) groups is 2. The van der Waals surface area contributed by atoms with Gasteiger partial charge in [0.2, 0.25) is 0 Å². The Morgan fingerprint density at radius 3 is 2.50 bits per heavy atom. The second-order valence-corrected chi connectivity index (χ2v) is 5.94. The summed E-state index contributed by atoms with van der Waals surface area (Å²) < 4.78 is 4.59. The second kappa shape index (κ2) is 10.9. The molecule has 0 aliphatic heterocycles. The minimum Gasteiger partial charge on any atom is -0.469 e. The van der Waals surface area contributed by atoms with Gasteiger partial charge in [-0.3, -0.25) is 4.79 Å². The number of halogens is 1. The molecule has 0 aliphatic rings. The first-order valence-corrected chi connectivity index (χ1v) is 8.83. The zero-order chi connectivity index (χ0) is 17.9. The van der Waals surface area contributed by atoms with Crippen molar-refractivity contribution in [3.63, 3.8) is 0 Å². The number of hydrogen-bond donors (Lipinski definition) is 2. The van der Waals surface area contributed by atoms with E-state index in [-0.39, 0.29) is 12.0 Å². The molecule has 6 heteroatoms. The average Bonchev–Trinajstić information content (AvgIpc) is 2.58. The zero-order valence-electron chi connectivity index (χ0n) is 14.7. The molecule has 0 spiro atoms. The number of rotatable bonds is 9. The van der Waals surface area contributed by atoms with Crippen LogP contribution in [0.4, 0.5) is 10.5 Å². The van der Waals surface area contributed by atoms with Gasteiger partial charge in [0.05, 0.1) is 12.8 Å². The van der Waals surface area contributed by atoms with Crippen LogP contribution < -0.4 is 10.6 Å². The van der Waals surface area contributed by atoms with Crippen LogP contribution in [0.1, 0.15) is 50.7 Å². The summed E-state index contributed by atoms with van der Waals surface area (Å²) in [5, 5.41) is 6.45. The highest BCUT2D eigenvalue weighted by atomic mass is 35.5. The molecule has 0 fully saturated rings. The fourth-order valence-corrected chi connectivity index (χ4v) is 2.79. The Morgan fingerprint density at radius 2 is 1.88 bits per heavy atom. The molecule has 0 radical (unpaired) electrons. The molecular formula is C18H27ClN2O3. The summed E-state index contributed by atoms with van der Waals surface area (Å²) in [5.74, 6) is -0.194. The van der Waals surface area contributed by atoms with Crippen molar-refractivity contribution in [2.45, 2.75) is 52.4 Å². The average molecular weight is 355 g/mol. The van der Waals surface area contributed by atoms with Crippen LogP contribution in [0, 0.1) is 0 Å². The lowest BCUT2D eigenvalue weighted by atomic mass is 10.0. The van der Waals surface area contributed by atoms with Crippen LogP contribution in [0.25, 0.3) is 0 Å². The third-order valence-electron chi connectivity index (χ3n) is 3.89. The lowest BCUT2D eigenvalue weighted by Crippen LogP contribution is -2.30. The van der Waals surface area contributed by atoms with Crippen LogP contribution in [0.3, 0.4) is 0 Å². The minimum absolute atomic E-state index is 0.194. The van der Waals surface area contributed by atoms with E-state index < -0.39 is 0 Å². The van der Waals surface area contributed by atoms with Gasteiger partial charge in [-0.15, -0.1) is 0 Å². The highest BCUT2D eigenvalue weighted by molar-refractivity contribution is 6.31. The fourth-order valence-electron chi connectivity index (χ4n) is 2.50. The van der Waals surface area contributed by atoms with Gasteiger partial charge in [-0.2, -0.15) is 0 Å². The van der Waals surface area contributed by atoms with Crippen molar-refractivity contribution in [1.82, 2.24) is 5.32 Å². The summed E-state index contributed by atoms with van der Waals surface area (Å²) in [6.07, 6.45) is 4.46. The van der Waals surface area contributed by atoms with Gasteiger partial charge >= 0.3 is 12.0 Å². The maximum absolute atomic E-state index is 12.1. The lowest BCUT2D eigenvalue weighted by molar-refractivity contribution is -0.140. The van der Waals surface area contributed by atoms with Crippen LogP contribution in [0.5, 0.6) is 0 Å². The SMILES string of the molecule is CCc1ccc(Cl)c(CC)c1NC(=O)NCCCCCC(=O)OC. The summed E-state index contributed by atoms with van der Waals surface area (Å²) >= 11 is 6.23. The third kappa shape index (κ3) is 6.40. The van der Waals surface area contributed by atoms with E-state index in [1.807, 2.05) is 26.0 Å². The van der Waals surface area contributed by atoms with Crippen LogP contribution in [-0.4, -0.2) is 25.7 Å². The standard InChI is InChI=1S/C18H27ClN2O3/c1-4-13-10-11-15(19)14(5-2)17(13)21-18(23)20-12-8-6-7-9-16(22)24-3/h10-11H,4-9,12H2,1-3H3,(H2,20,21,23). The molecule has 0 atom stereocenters. The molecule has 134 valence electrons. The number of esters is 1. The lowest BCUT2D eigenvalue weighted by Gasteiger charge is -2.16. The molecule has 0 unspecified atom stereocenters. The van der Waals surface area contributed by atoms with E-state index in [0.717, 1.165) is 48.9 Å². The van der Waals surface area contributed by atoms with Crippen molar-refractivity contribution in [3.05, 3.63) is 28.3 Å². The number of urea groups is 1. The second-order valence-electron chi connectivity index (χ2n) is 5.53. The zero-order valence-corrected chi connectivity index (χ0v) is 15.5. The molecule has 0 aromatic heterocycles. The van der Waals surface area contributed by atoms with Gasteiger partial charge < -0.3 is 15.4 Å². The van der Waals surface area contributed by atoms with Crippen molar-refractivity contribution in [2.24, 2.45) is 0 Å². The summed E-state index contributed by atoms with van der Waals surface area (Å²) in [4.78, 5) is 23.1. The maximum Gasteiger partial charge on any atom is 0.319 e. The summed E-state index contributed by atoms with van der Waals surface area (Å²) in [5.41, 5.74) is 2.85. The van der Waals surface area contributed by atoms with Gasteiger partial charge in [-0.1, -0.05) is 37.9 Å². The van der Waals surface area contributed by atoms with Gasteiger partial charge in [0.25, 0.3) is 0 Å². The molecule has 1 aromatic carbocycles. The van der Waals surface area contributed by atoms with Gasteiger partial charge in [0.15, 0.2) is 0 Å². The molecule has 24 heavy (non-hydrogen) atoms. The number of benzene rings is 1. The smallest absolute Gasteiger partial charge is 0.319 e. The maximum atomic E-state index is 12.1.